The zero-order valence-corrected chi connectivity index (χ0v) is 14.0. The van der Waals surface area contributed by atoms with E-state index in [1.807, 2.05) is 13.8 Å². The van der Waals surface area contributed by atoms with Crippen LogP contribution in [0, 0.1) is 5.92 Å². The number of aliphatic hydroxyl groups is 1. The maximum Gasteiger partial charge on any atom is 0.323 e. The molecule has 1 aliphatic heterocycles. The van der Waals surface area contributed by atoms with Gasteiger partial charge >= 0.3 is 5.69 Å². The van der Waals surface area contributed by atoms with E-state index in [9.17, 15) is 14.7 Å². The van der Waals surface area contributed by atoms with Crippen molar-refractivity contribution in [2.45, 2.75) is 38.8 Å². The standard InChI is InChI=1S/C17H24N4O3/c1-10(21-7-5-12(6-8-21)11(2)22)16(23)18-13-3-4-14-15(9-13)20-17(24)19-14/h3-4,9-12,22H,5-8H2,1-2H3,(H,18,23)(H2,19,20,24). The number of fused-ring (bicyclic) bond motifs is 1. The molecule has 2 atom stereocenters. The summed E-state index contributed by atoms with van der Waals surface area (Å²) in [7, 11) is 0. The average Bonchev–Trinajstić information content (AvgIpc) is 2.93. The number of H-pyrrole nitrogens is 2. The third-order valence-electron chi connectivity index (χ3n) is 4.97. The molecule has 1 aliphatic rings. The van der Waals surface area contributed by atoms with Gasteiger partial charge in [-0.3, -0.25) is 9.69 Å². The number of hydrogen-bond acceptors (Lipinski definition) is 4. The second kappa shape index (κ2) is 6.78. The van der Waals surface area contributed by atoms with E-state index in [0.717, 1.165) is 25.9 Å². The number of aliphatic hydroxyl groups excluding tert-OH is 1. The number of nitrogens with zero attached hydrogens (tertiary/aromatic N) is 1. The van der Waals surface area contributed by atoms with Gasteiger partial charge in [-0.15, -0.1) is 0 Å². The molecule has 1 fully saturated rings. The SMILES string of the molecule is CC(O)C1CCN(C(C)C(=O)Nc2ccc3[nH]c(=O)[nH]c3c2)CC1. The summed E-state index contributed by atoms with van der Waals surface area (Å²) in [6.07, 6.45) is 1.53. The van der Waals surface area contributed by atoms with E-state index in [-0.39, 0.29) is 23.7 Å². The molecule has 0 saturated carbocycles. The lowest BCUT2D eigenvalue weighted by Crippen LogP contribution is -2.47. The van der Waals surface area contributed by atoms with Gasteiger partial charge in [-0.05, 0) is 63.9 Å². The van der Waals surface area contributed by atoms with E-state index in [0.29, 0.717) is 22.6 Å². The minimum Gasteiger partial charge on any atom is -0.393 e. The second-order valence-electron chi connectivity index (χ2n) is 6.62. The number of piperidine rings is 1. The number of amides is 1. The number of benzene rings is 1. The Labute approximate surface area is 140 Å². The van der Waals surface area contributed by atoms with E-state index in [2.05, 4.69) is 20.2 Å². The quantitative estimate of drug-likeness (QED) is 0.677. The summed E-state index contributed by atoms with van der Waals surface area (Å²) >= 11 is 0. The molecule has 0 bridgehead atoms. The lowest BCUT2D eigenvalue weighted by atomic mass is 9.91. The Morgan fingerprint density at radius 1 is 1.25 bits per heavy atom. The maximum absolute atomic E-state index is 12.5. The van der Waals surface area contributed by atoms with E-state index < -0.39 is 0 Å². The topological polar surface area (TPSA) is 101 Å². The van der Waals surface area contributed by atoms with Gasteiger partial charge in [0.15, 0.2) is 0 Å². The largest absolute Gasteiger partial charge is 0.393 e. The highest BCUT2D eigenvalue weighted by molar-refractivity contribution is 5.96. The molecule has 7 heteroatoms. The molecule has 3 rings (SSSR count). The zero-order valence-electron chi connectivity index (χ0n) is 14.0. The number of rotatable bonds is 4. The highest BCUT2D eigenvalue weighted by Gasteiger charge is 2.28. The molecule has 130 valence electrons. The molecule has 1 amide bonds. The van der Waals surface area contributed by atoms with Crippen LogP contribution in [-0.4, -0.2) is 51.1 Å². The summed E-state index contributed by atoms with van der Waals surface area (Å²) in [5, 5.41) is 12.6. The number of carbonyl (C=O) groups is 1. The Balaban J connectivity index is 1.62. The van der Waals surface area contributed by atoms with Gasteiger partial charge in [0.2, 0.25) is 5.91 Å². The van der Waals surface area contributed by atoms with Gasteiger partial charge in [-0.1, -0.05) is 0 Å². The number of likely N-dealkylation sites (tertiary alicyclic amines) is 1. The first-order valence-corrected chi connectivity index (χ1v) is 8.39. The summed E-state index contributed by atoms with van der Waals surface area (Å²) < 4.78 is 0. The van der Waals surface area contributed by atoms with E-state index >= 15 is 0 Å². The van der Waals surface area contributed by atoms with E-state index in [4.69, 9.17) is 0 Å². The van der Waals surface area contributed by atoms with Crippen LogP contribution < -0.4 is 11.0 Å². The molecule has 2 aromatic rings. The first kappa shape index (κ1) is 16.7. The Morgan fingerprint density at radius 2 is 1.92 bits per heavy atom. The third-order valence-corrected chi connectivity index (χ3v) is 4.97. The molecule has 24 heavy (non-hydrogen) atoms. The predicted molar refractivity (Wildman–Crippen MR) is 93.0 cm³/mol. The van der Waals surface area contributed by atoms with Crippen molar-refractivity contribution in [3.05, 3.63) is 28.7 Å². The highest BCUT2D eigenvalue weighted by atomic mass is 16.3. The van der Waals surface area contributed by atoms with Gasteiger partial charge in [0, 0.05) is 5.69 Å². The fraction of sp³-hybridized carbons (Fsp3) is 0.529. The first-order chi connectivity index (χ1) is 11.4. The maximum atomic E-state index is 12.5. The Kier molecular flexibility index (Phi) is 4.73. The first-order valence-electron chi connectivity index (χ1n) is 8.39. The smallest absolute Gasteiger partial charge is 0.323 e. The van der Waals surface area contributed by atoms with Crippen LogP contribution in [-0.2, 0) is 4.79 Å². The Hall–Kier alpha value is -2.12. The molecule has 2 heterocycles. The van der Waals surface area contributed by atoms with Gasteiger partial charge in [-0.2, -0.15) is 0 Å². The molecule has 1 aromatic heterocycles. The van der Waals surface area contributed by atoms with Crippen LogP contribution in [0.1, 0.15) is 26.7 Å². The summed E-state index contributed by atoms with van der Waals surface area (Å²) in [5.74, 6) is 0.257. The number of aromatic nitrogens is 2. The predicted octanol–water partition coefficient (Wildman–Crippen LogP) is 1.28. The van der Waals surface area contributed by atoms with Crippen molar-refractivity contribution >= 4 is 22.6 Å². The van der Waals surface area contributed by atoms with Crippen molar-refractivity contribution in [1.82, 2.24) is 14.9 Å². The number of carbonyl (C=O) groups excluding carboxylic acids is 1. The summed E-state index contributed by atoms with van der Waals surface area (Å²) in [6, 6.07) is 5.05. The highest BCUT2D eigenvalue weighted by Crippen LogP contribution is 2.22. The van der Waals surface area contributed by atoms with Crippen LogP contribution in [0.3, 0.4) is 0 Å². The summed E-state index contributed by atoms with van der Waals surface area (Å²) in [4.78, 5) is 31.3. The van der Waals surface area contributed by atoms with Crippen molar-refractivity contribution < 1.29 is 9.90 Å². The van der Waals surface area contributed by atoms with Gasteiger partial charge in [0.25, 0.3) is 0 Å². The lowest BCUT2D eigenvalue weighted by Gasteiger charge is -2.36. The fourth-order valence-corrected chi connectivity index (χ4v) is 3.31. The van der Waals surface area contributed by atoms with Gasteiger partial charge in [-0.25, -0.2) is 4.79 Å². The van der Waals surface area contributed by atoms with Gasteiger partial charge in [0.05, 0.1) is 23.2 Å². The number of anilines is 1. The van der Waals surface area contributed by atoms with Crippen LogP contribution >= 0.6 is 0 Å². The molecule has 1 saturated heterocycles. The fourth-order valence-electron chi connectivity index (χ4n) is 3.31. The number of aromatic amines is 2. The van der Waals surface area contributed by atoms with Crippen molar-refractivity contribution in [3.8, 4) is 0 Å². The van der Waals surface area contributed by atoms with E-state index in [1.54, 1.807) is 18.2 Å². The van der Waals surface area contributed by atoms with Crippen LogP contribution in [0.5, 0.6) is 0 Å². The Bertz CT molecular complexity index is 771. The number of imidazole rings is 1. The molecule has 2 unspecified atom stereocenters. The number of nitrogens with one attached hydrogen (secondary N) is 3. The molecular formula is C17H24N4O3. The molecule has 4 N–H and O–H groups in total. The molecule has 7 nitrogen and oxygen atoms in total. The molecule has 0 radical (unpaired) electrons. The molecule has 0 spiro atoms. The zero-order chi connectivity index (χ0) is 17.3. The van der Waals surface area contributed by atoms with Gasteiger partial charge < -0.3 is 20.4 Å². The van der Waals surface area contributed by atoms with Crippen LogP contribution in [0.25, 0.3) is 11.0 Å². The van der Waals surface area contributed by atoms with Gasteiger partial charge in [0.1, 0.15) is 0 Å². The van der Waals surface area contributed by atoms with Crippen molar-refractivity contribution in [2.75, 3.05) is 18.4 Å². The van der Waals surface area contributed by atoms with Crippen LogP contribution in [0.2, 0.25) is 0 Å². The monoisotopic (exact) mass is 332 g/mol. The minimum absolute atomic E-state index is 0.0669. The van der Waals surface area contributed by atoms with Crippen LogP contribution in [0.15, 0.2) is 23.0 Å². The number of hydrogen-bond donors (Lipinski definition) is 4. The average molecular weight is 332 g/mol. The van der Waals surface area contributed by atoms with Crippen molar-refractivity contribution in [1.29, 1.82) is 0 Å². The molecular weight excluding hydrogens is 308 g/mol. The van der Waals surface area contributed by atoms with Crippen molar-refractivity contribution in [3.63, 3.8) is 0 Å². The second-order valence-corrected chi connectivity index (χ2v) is 6.62. The summed E-state index contributed by atoms with van der Waals surface area (Å²) in [5.41, 5.74) is 1.78. The lowest BCUT2D eigenvalue weighted by molar-refractivity contribution is -0.121. The van der Waals surface area contributed by atoms with Crippen LogP contribution in [0.4, 0.5) is 5.69 Å². The van der Waals surface area contributed by atoms with E-state index in [1.165, 1.54) is 0 Å². The van der Waals surface area contributed by atoms with Crippen molar-refractivity contribution in [2.24, 2.45) is 5.92 Å². The summed E-state index contributed by atoms with van der Waals surface area (Å²) in [6.45, 7) is 5.36. The normalized spacial score (nSPS) is 19.3. The molecule has 1 aromatic carbocycles. The minimum atomic E-state index is -0.286. The third kappa shape index (κ3) is 3.52. The molecule has 0 aliphatic carbocycles. The Morgan fingerprint density at radius 3 is 2.58 bits per heavy atom.